The molecule has 0 aliphatic carbocycles. The summed E-state index contributed by atoms with van der Waals surface area (Å²) >= 11 is 0. The van der Waals surface area contributed by atoms with Crippen LogP contribution in [0, 0.1) is 0 Å². The number of carbonyl (C=O) groups excluding carboxylic acids is 2. The van der Waals surface area contributed by atoms with E-state index in [9.17, 15) is 9.59 Å². The van der Waals surface area contributed by atoms with Gasteiger partial charge in [-0.15, -0.1) is 0 Å². The topological polar surface area (TPSA) is 72.2 Å². The van der Waals surface area contributed by atoms with Gasteiger partial charge in [0.2, 0.25) is 11.8 Å². The maximum absolute atomic E-state index is 12.4. The Labute approximate surface area is 134 Å². The van der Waals surface area contributed by atoms with Crippen LogP contribution in [-0.2, 0) is 16.1 Å². The molecule has 23 heavy (non-hydrogen) atoms. The Kier molecular flexibility index (Phi) is 4.45. The SMILES string of the molecule is CC(=O)NC1CCCN(C(=O)Cn2cc(-n3cccc3)cn2)C1. The molecule has 1 unspecified atom stereocenters. The molecular formula is C16H21N5O2. The van der Waals surface area contributed by atoms with Gasteiger partial charge in [-0.2, -0.15) is 5.10 Å². The molecular weight excluding hydrogens is 294 g/mol. The second-order valence-corrected chi connectivity index (χ2v) is 5.87. The van der Waals surface area contributed by atoms with Gasteiger partial charge in [-0.25, -0.2) is 0 Å². The Morgan fingerprint density at radius 1 is 1.35 bits per heavy atom. The zero-order valence-corrected chi connectivity index (χ0v) is 13.2. The minimum Gasteiger partial charge on any atom is -0.352 e. The minimum absolute atomic E-state index is 0.0298. The first-order valence-electron chi connectivity index (χ1n) is 7.82. The van der Waals surface area contributed by atoms with Crippen molar-refractivity contribution in [2.45, 2.75) is 32.4 Å². The van der Waals surface area contributed by atoms with E-state index in [2.05, 4.69) is 10.4 Å². The van der Waals surface area contributed by atoms with Crippen LogP contribution in [-0.4, -0.2) is 50.2 Å². The largest absolute Gasteiger partial charge is 0.352 e. The van der Waals surface area contributed by atoms with Gasteiger partial charge in [0.05, 0.1) is 11.9 Å². The average Bonchev–Trinajstić information content (AvgIpc) is 3.17. The van der Waals surface area contributed by atoms with E-state index in [1.54, 1.807) is 15.8 Å². The molecule has 1 fully saturated rings. The van der Waals surface area contributed by atoms with Crippen LogP contribution >= 0.6 is 0 Å². The number of rotatable bonds is 4. The van der Waals surface area contributed by atoms with Crippen molar-refractivity contribution in [1.82, 2.24) is 24.6 Å². The first kappa shape index (κ1) is 15.3. The molecule has 7 nitrogen and oxygen atoms in total. The predicted octanol–water partition coefficient (Wildman–Crippen LogP) is 0.801. The van der Waals surface area contributed by atoms with Crippen LogP contribution in [0.1, 0.15) is 19.8 Å². The molecule has 1 saturated heterocycles. The normalized spacial score (nSPS) is 18.0. The first-order valence-corrected chi connectivity index (χ1v) is 7.82. The third kappa shape index (κ3) is 3.80. The highest BCUT2D eigenvalue weighted by Gasteiger charge is 2.24. The number of nitrogens with zero attached hydrogens (tertiary/aromatic N) is 4. The second kappa shape index (κ2) is 6.68. The Hall–Kier alpha value is -2.57. The number of hydrogen-bond acceptors (Lipinski definition) is 3. The maximum Gasteiger partial charge on any atom is 0.244 e. The van der Waals surface area contributed by atoms with E-state index in [1.807, 2.05) is 35.3 Å². The fourth-order valence-electron chi connectivity index (χ4n) is 2.93. The summed E-state index contributed by atoms with van der Waals surface area (Å²) in [5.41, 5.74) is 0.928. The summed E-state index contributed by atoms with van der Waals surface area (Å²) in [7, 11) is 0. The molecule has 0 aromatic carbocycles. The summed E-state index contributed by atoms with van der Waals surface area (Å²) in [6.07, 6.45) is 9.29. The van der Waals surface area contributed by atoms with Crippen molar-refractivity contribution in [3.05, 3.63) is 36.9 Å². The van der Waals surface area contributed by atoms with Crippen molar-refractivity contribution in [2.75, 3.05) is 13.1 Å². The smallest absolute Gasteiger partial charge is 0.244 e. The van der Waals surface area contributed by atoms with Crippen LogP contribution in [0.2, 0.25) is 0 Å². The number of hydrogen-bond donors (Lipinski definition) is 1. The van der Waals surface area contributed by atoms with Crippen molar-refractivity contribution in [3.8, 4) is 5.69 Å². The highest BCUT2D eigenvalue weighted by atomic mass is 16.2. The van der Waals surface area contributed by atoms with Gasteiger partial charge >= 0.3 is 0 Å². The molecule has 122 valence electrons. The van der Waals surface area contributed by atoms with Crippen LogP contribution in [0.3, 0.4) is 0 Å². The molecule has 0 spiro atoms. The number of likely N-dealkylation sites (tertiary alicyclic amines) is 1. The van der Waals surface area contributed by atoms with E-state index >= 15 is 0 Å². The molecule has 0 radical (unpaired) electrons. The molecule has 1 N–H and O–H groups in total. The van der Waals surface area contributed by atoms with Crippen molar-refractivity contribution in [1.29, 1.82) is 0 Å². The lowest BCUT2D eigenvalue weighted by atomic mass is 10.1. The zero-order valence-electron chi connectivity index (χ0n) is 13.2. The molecule has 1 atom stereocenters. The molecule has 2 aromatic heterocycles. The third-order valence-electron chi connectivity index (χ3n) is 4.00. The highest BCUT2D eigenvalue weighted by Crippen LogP contribution is 2.12. The van der Waals surface area contributed by atoms with E-state index in [1.165, 1.54) is 6.92 Å². The van der Waals surface area contributed by atoms with Crippen LogP contribution < -0.4 is 5.32 Å². The number of nitrogens with one attached hydrogen (secondary N) is 1. The van der Waals surface area contributed by atoms with Crippen molar-refractivity contribution < 1.29 is 9.59 Å². The summed E-state index contributed by atoms with van der Waals surface area (Å²) in [4.78, 5) is 25.4. The summed E-state index contributed by atoms with van der Waals surface area (Å²) in [6.45, 7) is 3.03. The number of carbonyl (C=O) groups is 2. The average molecular weight is 315 g/mol. The van der Waals surface area contributed by atoms with E-state index in [4.69, 9.17) is 0 Å². The van der Waals surface area contributed by atoms with Crippen LogP contribution in [0.5, 0.6) is 0 Å². The van der Waals surface area contributed by atoms with Crippen molar-refractivity contribution in [3.63, 3.8) is 0 Å². The monoisotopic (exact) mass is 315 g/mol. The molecule has 7 heteroatoms. The summed E-state index contributed by atoms with van der Waals surface area (Å²) < 4.78 is 3.60. The molecule has 3 rings (SSSR count). The lowest BCUT2D eigenvalue weighted by Crippen LogP contribution is -2.49. The highest BCUT2D eigenvalue weighted by molar-refractivity contribution is 5.76. The van der Waals surface area contributed by atoms with E-state index in [0.29, 0.717) is 6.54 Å². The number of piperidine rings is 1. The maximum atomic E-state index is 12.4. The fraction of sp³-hybridized carbons (Fsp3) is 0.438. The molecule has 2 amide bonds. The van der Waals surface area contributed by atoms with Crippen molar-refractivity contribution in [2.24, 2.45) is 0 Å². The van der Waals surface area contributed by atoms with E-state index < -0.39 is 0 Å². The van der Waals surface area contributed by atoms with E-state index in [-0.39, 0.29) is 24.4 Å². The van der Waals surface area contributed by atoms with Crippen molar-refractivity contribution >= 4 is 11.8 Å². The molecule has 0 bridgehead atoms. The van der Waals surface area contributed by atoms with Crippen LogP contribution in [0.25, 0.3) is 5.69 Å². The molecule has 1 aliphatic heterocycles. The molecule has 1 aliphatic rings. The number of amides is 2. The first-order chi connectivity index (χ1) is 11.1. The van der Waals surface area contributed by atoms with Gasteiger partial charge in [-0.05, 0) is 25.0 Å². The van der Waals surface area contributed by atoms with Gasteiger partial charge in [0.15, 0.2) is 0 Å². The standard InChI is InChI=1S/C16H21N5O2/c1-13(22)18-14-5-4-8-20(10-14)16(23)12-21-11-15(9-17-21)19-6-2-3-7-19/h2-3,6-7,9,11,14H,4-5,8,10,12H2,1H3,(H,18,22). The Morgan fingerprint density at radius 2 is 2.13 bits per heavy atom. The van der Waals surface area contributed by atoms with Gasteiger partial charge < -0.3 is 14.8 Å². The third-order valence-corrected chi connectivity index (χ3v) is 4.00. The van der Waals surface area contributed by atoms with E-state index in [0.717, 1.165) is 25.1 Å². The minimum atomic E-state index is -0.0484. The second-order valence-electron chi connectivity index (χ2n) is 5.87. The quantitative estimate of drug-likeness (QED) is 0.907. The summed E-state index contributed by atoms with van der Waals surface area (Å²) in [5, 5.41) is 7.15. The molecule has 2 aromatic rings. The Bertz CT molecular complexity index is 676. The summed E-state index contributed by atoms with van der Waals surface area (Å²) in [5.74, 6) is -0.0186. The molecule has 3 heterocycles. The van der Waals surface area contributed by atoms with Gasteiger partial charge in [-0.3, -0.25) is 14.3 Å². The predicted molar refractivity (Wildman–Crippen MR) is 85.0 cm³/mol. The molecule has 0 saturated carbocycles. The van der Waals surface area contributed by atoms with Gasteiger partial charge in [0.25, 0.3) is 0 Å². The zero-order chi connectivity index (χ0) is 16.2. The van der Waals surface area contributed by atoms with Gasteiger partial charge in [0.1, 0.15) is 6.54 Å². The lowest BCUT2D eigenvalue weighted by Gasteiger charge is -2.33. The number of aromatic nitrogens is 3. The van der Waals surface area contributed by atoms with Crippen LogP contribution in [0.15, 0.2) is 36.9 Å². The van der Waals surface area contributed by atoms with Crippen LogP contribution in [0.4, 0.5) is 0 Å². The Balaban J connectivity index is 1.59. The Morgan fingerprint density at radius 3 is 2.87 bits per heavy atom. The summed E-state index contributed by atoms with van der Waals surface area (Å²) in [6, 6.07) is 3.94. The lowest BCUT2D eigenvalue weighted by molar-refractivity contribution is -0.134. The van der Waals surface area contributed by atoms with Gasteiger partial charge in [0, 0.05) is 44.6 Å². The van der Waals surface area contributed by atoms with Gasteiger partial charge in [-0.1, -0.05) is 0 Å². The fourth-order valence-corrected chi connectivity index (χ4v) is 2.93.